The van der Waals surface area contributed by atoms with Crippen LogP contribution >= 0.6 is 11.8 Å². The van der Waals surface area contributed by atoms with Gasteiger partial charge < -0.3 is 29.1 Å². The Morgan fingerprint density at radius 3 is 2.06 bits per heavy atom. The molecule has 36 heavy (non-hydrogen) atoms. The number of hydroxylamine groups is 2. The Morgan fingerprint density at radius 1 is 0.944 bits per heavy atom. The SMILES string of the molecule is CC(=O)NC1[C@@H](OC(C)=O)[C@H](OC(C)=O)C(COC(C)=O)O[C@H]1SCCC(=O)ON1C(=O)CCC1=O. The third-order valence-corrected chi connectivity index (χ3v) is 6.03. The minimum atomic E-state index is -1.23. The second-order valence-electron chi connectivity index (χ2n) is 7.89. The standard InChI is InChI=1S/C21H28N2O12S/c1-10(24)22-18-20(33-13(4)27)19(32-12(3)26)14(9-31-11(2)25)34-21(18)36-8-7-17(30)35-23-15(28)5-6-16(23)29/h14,18-21H,5-9H2,1-4H3,(H,22,24)/t14?,18?,19-,20-,21+/m1/s1. The van der Waals surface area contributed by atoms with Gasteiger partial charge in [0.05, 0.1) is 6.42 Å². The molecule has 200 valence electrons. The van der Waals surface area contributed by atoms with Crippen molar-refractivity contribution in [3.8, 4) is 0 Å². The summed E-state index contributed by atoms with van der Waals surface area (Å²) >= 11 is 1.03. The number of carbonyl (C=O) groups excluding carboxylic acids is 7. The van der Waals surface area contributed by atoms with Gasteiger partial charge in [-0.15, -0.1) is 16.8 Å². The highest BCUT2D eigenvalue weighted by molar-refractivity contribution is 7.99. The number of esters is 3. The summed E-state index contributed by atoms with van der Waals surface area (Å²) in [5, 5.41) is 3.04. The van der Waals surface area contributed by atoms with E-state index in [4.69, 9.17) is 23.8 Å². The zero-order valence-electron chi connectivity index (χ0n) is 20.2. The van der Waals surface area contributed by atoms with Crippen molar-refractivity contribution in [1.82, 2.24) is 10.4 Å². The fourth-order valence-electron chi connectivity index (χ4n) is 3.50. The molecule has 1 N–H and O–H groups in total. The van der Waals surface area contributed by atoms with Crippen LogP contribution in [-0.4, -0.2) is 88.8 Å². The van der Waals surface area contributed by atoms with Crippen LogP contribution < -0.4 is 5.32 Å². The van der Waals surface area contributed by atoms with Gasteiger partial charge in [0, 0.05) is 46.3 Å². The van der Waals surface area contributed by atoms with Crippen LogP contribution in [0.1, 0.15) is 47.0 Å². The highest BCUT2D eigenvalue weighted by atomic mass is 32.2. The van der Waals surface area contributed by atoms with Gasteiger partial charge in [-0.1, -0.05) is 0 Å². The zero-order valence-corrected chi connectivity index (χ0v) is 21.0. The van der Waals surface area contributed by atoms with Crippen LogP contribution in [0.15, 0.2) is 0 Å². The van der Waals surface area contributed by atoms with Gasteiger partial charge in [0.1, 0.15) is 24.2 Å². The second kappa shape index (κ2) is 13.2. The lowest BCUT2D eigenvalue weighted by Crippen LogP contribution is -2.65. The Labute approximate surface area is 210 Å². The predicted molar refractivity (Wildman–Crippen MR) is 118 cm³/mol. The first kappa shape index (κ1) is 29.0. The highest BCUT2D eigenvalue weighted by Gasteiger charge is 2.50. The van der Waals surface area contributed by atoms with Crippen molar-refractivity contribution in [3.05, 3.63) is 0 Å². The van der Waals surface area contributed by atoms with Gasteiger partial charge in [-0.25, -0.2) is 4.79 Å². The lowest BCUT2D eigenvalue weighted by atomic mass is 9.97. The molecule has 0 aromatic carbocycles. The molecule has 2 unspecified atom stereocenters. The summed E-state index contributed by atoms with van der Waals surface area (Å²) in [6.07, 6.45) is -3.84. The molecule has 15 heteroatoms. The van der Waals surface area contributed by atoms with E-state index in [1.165, 1.54) is 13.8 Å². The molecule has 2 aliphatic heterocycles. The number of hydrogen-bond donors (Lipinski definition) is 1. The van der Waals surface area contributed by atoms with E-state index in [0.717, 1.165) is 25.6 Å². The number of rotatable bonds is 10. The van der Waals surface area contributed by atoms with Crippen LogP contribution in [0.25, 0.3) is 0 Å². The molecule has 2 fully saturated rings. The van der Waals surface area contributed by atoms with Crippen molar-refractivity contribution in [2.45, 2.75) is 76.7 Å². The normalized spacial score (nSPS) is 25.7. The molecule has 0 aromatic heterocycles. The van der Waals surface area contributed by atoms with E-state index in [-0.39, 0.29) is 31.6 Å². The fourth-order valence-corrected chi connectivity index (χ4v) is 4.67. The quantitative estimate of drug-likeness (QED) is 0.214. The Bertz CT molecular complexity index is 893. The van der Waals surface area contributed by atoms with Crippen LogP contribution in [0.3, 0.4) is 0 Å². The molecular weight excluding hydrogens is 504 g/mol. The van der Waals surface area contributed by atoms with Crippen LogP contribution in [-0.2, 0) is 57.3 Å². The lowest BCUT2D eigenvalue weighted by molar-refractivity contribution is -0.211. The monoisotopic (exact) mass is 532 g/mol. The van der Waals surface area contributed by atoms with E-state index in [1.54, 1.807) is 0 Å². The Hall–Kier alpha value is -3.20. The van der Waals surface area contributed by atoms with Crippen molar-refractivity contribution in [3.63, 3.8) is 0 Å². The summed E-state index contributed by atoms with van der Waals surface area (Å²) in [6, 6.07) is -1.02. The Morgan fingerprint density at radius 2 is 1.53 bits per heavy atom. The molecule has 0 bridgehead atoms. The van der Waals surface area contributed by atoms with Crippen molar-refractivity contribution in [2.24, 2.45) is 0 Å². The van der Waals surface area contributed by atoms with Crippen LogP contribution in [0, 0.1) is 0 Å². The van der Waals surface area contributed by atoms with Gasteiger partial charge in [0.25, 0.3) is 11.8 Å². The summed E-state index contributed by atoms with van der Waals surface area (Å²) in [4.78, 5) is 87.1. The fraction of sp³-hybridized carbons (Fsp3) is 0.667. The first-order valence-corrected chi connectivity index (χ1v) is 12.0. The first-order valence-electron chi connectivity index (χ1n) is 11.0. The number of hydrogen-bond acceptors (Lipinski definition) is 13. The third kappa shape index (κ3) is 8.48. The summed E-state index contributed by atoms with van der Waals surface area (Å²) in [7, 11) is 0. The van der Waals surface area contributed by atoms with Crippen molar-refractivity contribution in [2.75, 3.05) is 12.4 Å². The molecule has 0 radical (unpaired) electrons. The largest absolute Gasteiger partial charge is 0.463 e. The van der Waals surface area contributed by atoms with E-state index >= 15 is 0 Å². The van der Waals surface area contributed by atoms with Crippen LogP contribution in [0.4, 0.5) is 0 Å². The van der Waals surface area contributed by atoms with Gasteiger partial charge in [-0.05, 0) is 0 Å². The summed E-state index contributed by atoms with van der Waals surface area (Å²) in [5.74, 6) is -4.62. The van der Waals surface area contributed by atoms with Crippen LogP contribution in [0.2, 0.25) is 0 Å². The van der Waals surface area contributed by atoms with Gasteiger partial charge in [-0.3, -0.25) is 28.8 Å². The molecule has 0 aromatic rings. The number of thioether (sulfide) groups is 1. The smallest absolute Gasteiger partial charge is 0.334 e. The topological polar surface area (TPSA) is 181 Å². The molecule has 3 amide bonds. The summed E-state index contributed by atoms with van der Waals surface area (Å²) in [6.45, 7) is 4.30. The number of imide groups is 1. The average molecular weight is 533 g/mol. The highest BCUT2D eigenvalue weighted by Crippen LogP contribution is 2.33. The number of nitrogens with one attached hydrogen (secondary N) is 1. The van der Waals surface area contributed by atoms with E-state index < -0.39 is 71.4 Å². The van der Waals surface area contributed by atoms with Crippen molar-refractivity contribution >= 4 is 53.4 Å². The summed E-state index contributed by atoms with van der Waals surface area (Å²) in [5.41, 5.74) is -0.950. The minimum Gasteiger partial charge on any atom is -0.463 e. The number of ether oxygens (including phenoxy) is 4. The number of amides is 3. The number of nitrogens with zero attached hydrogens (tertiary/aromatic N) is 1. The summed E-state index contributed by atoms with van der Waals surface area (Å²) < 4.78 is 21.7. The molecule has 2 aliphatic rings. The molecule has 5 atom stereocenters. The lowest BCUT2D eigenvalue weighted by Gasteiger charge is -2.45. The molecule has 14 nitrogen and oxygen atoms in total. The molecule has 2 heterocycles. The van der Waals surface area contributed by atoms with E-state index in [1.807, 2.05) is 0 Å². The first-order chi connectivity index (χ1) is 16.9. The molecule has 0 aliphatic carbocycles. The second-order valence-corrected chi connectivity index (χ2v) is 9.09. The van der Waals surface area contributed by atoms with Gasteiger partial charge >= 0.3 is 23.9 Å². The van der Waals surface area contributed by atoms with Crippen molar-refractivity contribution < 1.29 is 57.3 Å². The average Bonchev–Trinajstić information content (AvgIpc) is 3.07. The maximum absolute atomic E-state index is 12.1. The molecule has 0 spiro atoms. The number of carbonyl (C=O) groups is 7. The Kier molecular flexibility index (Phi) is 10.6. The van der Waals surface area contributed by atoms with Gasteiger partial charge in [-0.2, -0.15) is 0 Å². The van der Waals surface area contributed by atoms with Gasteiger partial charge in [0.15, 0.2) is 12.2 Å². The van der Waals surface area contributed by atoms with Gasteiger partial charge in [0.2, 0.25) is 5.91 Å². The minimum absolute atomic E-state index is 0.0417. The van der Waals surface area contributed by atoms with Crippen LogP contribution in [0.5, 0.6) is 0 Å². The Balaban J connectivity index is 2.18. The van der Waals surface area contributed by atoms with E-state index in [0.29, 0.717) is 5.06 Å². The molecule has 2 saturated heterocycles. The van der Waals surface area contributed by atoms with E-state index in [2.05, 4.69) is 5.32 Å². The maximum Gasteiger partial charge on any atom is 0.334 e. The third-order valence-electron chi connectivity index (χ3n) is 4.86. The zero-order chi connectivity index (χ0) is 27.0. The molecular formula is C21H28N2O12S. The maximum atomic E-state index is 12.1. The molecule has 2 rings (SSSR count). The predicted octanol–water partition coefficient (Wildman–Crippen LogP) is -0.627. The van der Waals surface area contributed by atoms with E-state index in [9.17, 15) is 33.6 Å². The van der Waals surface area contributed by atoms with Crippen molar-refractivity contribution in [1.29, 1.82) is 0 Å². The molecule has 0 saturated carbocycles.